The van der Waals surface area contributed by atoms with Crippen molar-refractivity contribution in [2.24, 2.45) is 5.73 Å². The van der Waals surface area contributed by atoms with Gasteiger partial charge < -0.3 is 21.0 Å². The molecule has 10 heavy (non-hydrogen) atoms. The second kappa shape index (κ2) is 5.95. The predicted molar refractivity (Wildman–Crippen MR) is 26.8 cm³/mol. The Labute approximate surface area is 70.0 Å². The molecule has 4 N–H and O–H groups in total. The smallest absolute Gasteiger partial charge is 2.00 e. The number of rotatable bonds is 2. The molecule has 56 valence electrons. The minimum absolute atomic E-state index is 0. The number of carbonyl (C=O) groups excluding carboxylic acids is 1. The van der Waals surface area contributed by atoms with Gasteiger partial charge in [-0.15, -0.1) is 0 Å². The van der Waals surface area contributed by atoms with Crippen molar-refractivity contribution < 1.29 is 44.1 Å². The molecule has 0 spiro atoms. The number of nitrogens with two attached hydrogens (primary N) is 1. The van der Waals surface area contributed by atoms with Gasteiger partial charge in [-0.2, -0.15) is 0 Å². The molecule has 0 atom stereocenters. The van der Waals surface area contributed by atoms with E-state index in [9.17, 15) is 9.36 Å². The van der Waals surface area contributed by atoms with Crippen LogP contribution in [0, 0.1) is 0 Å². The molecule has 0 aliphatic heterocycles. The van der Waals surface area contributed by atoms with Crippen molar-refractivity contribution in [1.82, 2.24) is 0 Å². The first-order chi connectivity index (χ1) is 3.42. The van der Waals surface area contributed by atoms with Crippen LogP contribution in [0.25, 0.3) is 0 Å². The molecule has 0 unspecified atom stereocenters. The van der Waals surface area contributed by atoms with E-state index < -0.39 is 19.7 Å². The molecule has 8 heteroatoms. The summed E-state index contributed by atoms with van der Waals surface area (Å²) < 4.78 is 9.84. The molecular formula is C2H6NO5PZn. The molecule has 1 amide bonds. The first kappa shape index (κ1) is 16.7. The van der Waals surface area contributed by atoms with Crippen LogP contribution < -0.4 is 5.73 Å². The van der Waals surface area contributed by atoms with Crippen LogP contribution in [-0.4, -0.2) is 21.9 Å². The number of hydrogen-bond acceptors (Lipinski definition) is 2. The van der Waals surface area contributed by atoms with E-state index in [0.29, 0.717) is 0 Å². The number of primary amides is 1. The maximum absolute atomic E-state index is 9.84. The van der Waals surface area contributed by atoms with E-state index in [1.165, 1.54) is 0 Å². The Bertz CT molecular complexity index is 143. The van der Waals surface area contributed by atoms with Gasteiger partial charge in [-0.25, -0.2) is 0 Å². The Morgan fingerprint density at radius 1 is 1.50 bits per heavy atom. The average Bonchev–Trinajstić information content (AvgIpc) is 1.21. The molecule has 0 bridgehead atoms. The fourth-order valence-corrected chi connectivity index (χ4v) is 0.609. The van der Waals surface area contributed by atoms with Gasteiger partial charge in [0.1, 0.15) is 6.16 Å². The van der Waals surface area contributed by atoms with E-state index in [4.69, 9.17) is 9.79 Å². The summed E-state index contributed by atoms with van der Waals surface area (Å²) in [5.74, 6) is -0.988. The molecule has 0 saturated carbocycles. The standard InChI is InChI=1S/C2H6NO4P.O.Zn/c3-2(4)1-8(5,6)7;;/h1H2,(H2,3,4)(H2,5,6,7);;/q;-2;+2. The SMILES string of the molecule is NC(=O)CP(=O)(O)O.[O-2].[Zn+2]. The second-order valence-electron chi connectivity index (χ2n) is 1.29. The molecule has 0 aromatic carbocycles. The van der Waals surface area contributed by atoms with E-state index in [0.717, 1.165) is 0 Å². The first-order valence-electron chi connectivity index (χ1n) is 1.75. The Morgan fingerprint density at radius 3 is 1.80 bits per heavy atom. The van der Waals surface area contributed by atoms with Crippen molar-refractivity contribution >= 4 is 13.5 Å². The van der Waals surface area contributed by atoms with Gasteiger partial charge in [-0.1, -0.05) is 0 Å². The molecular weight excluding hydrogens is 214 g/mol. The van der Waals surface area contributed by atoms with Gasteiger partial charge >= 0.3 is 27.1 Å². The molecule has 0 aromatic rings. The summed E-state index contributed by atoms with van der Waals surface area (Å²) in [6, 6.07) is 0. The van der Waals surface area contributed by atoms with Gasteiger partial charge in [-0.3, -0.25) is 9.36 Å². The van der Waals surface area contributed by atoms with Crippen molar-refractivity contribution in [2.75, 3.05) is 6.16 Å². The molecule has 0 aromatic heterocycles. The van der Waals surface area contributed by atoms with Crippen molar-refractivity contribution in [3.8, 4) is 0 Å². The van der Waals surface area contributed by atoms with Crippen LogP contribution in [0.4, 0.5) is 0 Å². The molecule has 0 aliphatic carbocycles. The Kier molecular flexibility index (Phi) is 9.91. The van der Waals surface area contributed by atoms with Crippen LogP contribution in [0.3, 0.4) is 0 Å². The molecule has 0 aliphatic rings. The Balaban J connectivity index is -0.000000245. The van der Waals surface area contributed by atoms with E-state index in [1.54, 1.807) is 0 Å². The van der Waals surface area contributed by atoms with Crippen LogP contribution >= 0.6 is 7.60 Å². The molecule has 6 nitrogen and oxygen atoms in total. The topological polar surface area (TPSA) is 129 Å². The normalized spacial score (nSPS) is 9.00. The molecule has 0 saturated heterocycles. The number of amides is 1. The van der Waals surface area contributed by atoms with Crippen molar-refractivity contribution in [3.63, 3.8) is 0 Å². The van der Waals surface area contributed by atoms with Crippen LogP contribution in [0.5, 0.6) is 0 Å². The quantitative estimate of drug-likeness (QED) is 0.387. The summed E-state index contributed by atoms with van der Waals surface area (Å²) in [6.07, 6.45) is -0.868. The van der Waals surface area contributed by atoms with E-state index in [-0.39, 0.29) is 25.0 Å². The van der Waals surface area contributed by atoms with E-state index in [1.807, 2.05) is 0 Å². The van der Waals surface area contributed by atoms with Crippen LogP contribution in [0.15, 0.2) is 0 Å². The fourth-order valence-electron chi connectivity index (χ4n) is 0.203. The van der Waals surface area contributed by atoms with Crippen LogP contribution in [0.1, 0.15) is 0 Å². The summed E-state index contributed by atoms with van der Waals surface area (Å²) in [5.41, 5.74) is 4.45. The van der Waals surface area contributed by atoms with Crippen molar-refractivity contribution in [3.05, 3.63) is 0 Å². The molecule has 0 heterocycles. The van der Waals surface area contributed by atoms with Gasteiger partial charge in [0.2, 0.25) is 5.91 Å². The number of carbonyl (C=O) groups is 1. The summed E-state index contributed by atoms with van der Waals surface area (Å²) in [5, 5.41) is 0. The summed E-state index contributed by atoms with van der Waals surface area (Å²) >= 11 is 0. The largest absolute Gasteiger partial charge is 2.00 e. The summed E-state index contributed by atoms with van der Waals surface area (Å²) in [7, 11) is -4.20. The third kappa shape index (κ3) is 15.7. The molecule has 0 rings (SSSR count). The van der Waals surface area contributed by atoms with E-state index >= 15 is 0 Å². The number of hydrogen-bond donors (Lipinski definition) is 3. The fraction of sp³-hybridized carbons (Fsp3) is 0.500. The van der Waals surface area contributed by atoms with Gasteiger partial charge in [0.25, 0.3) is 0 Å². The van der Waals surface area contributed by atoms with E-state index in [2.05, 4.69) is 5.73 Å². The van der Waals surface area contributed by atoms with Gasteiger partial charge in [0, 0.05) is 0 Å². The van der Waals surface area contributed by atoms with Crippen LogP contribution in [0.2, 0.25) is 0 Å². The monoisotopic (exact) mass is 219 g/mol. The zero-order valence-corrected chi connectivity index (χ0v) is 8.92. The predicted octanol–water partition coefficient (Wildman–Crippen LogP) is -1.47. The van der Waals surface area contributed by atoms with Crippen LogP contribution in [-0.2, 0) is 34.3 Å². The van der Waals surface area contributed by atoms with Gasteiger partial charge in [0.05, 0.1) is 0 Å². The Hall–Kier alpha value is 0.203. The minimum atomic E-state index is -4.20. The van der Waals surface area contributed by atoms with Gasteiger partial charge in [0.15, 0.2) is 0 Å². The first-order valence-corrected chi connectivity index (χ1v) is 3.54. The summed E-state index contributed by atoms with van der Waals surface area (Å²) in [6.45, 7) is 0. The molecule has 0 fully saturated rings. The third-order valence-electron chi connectivity index (χ3n) is 0.362. The average molecular weight is 220 g/mol. The third-order valence-corrected chi connectivity index (χ3v) is 1.09. The maximum atomic E-state index is 9.84. The Morgan fingerprint density at radius 2 is 1.80 bits per heavy atom. The summed E-state index contributed by atoms with van der Waals surface area (Å²) in [4.78, 5) is 25.7. The minimum Gasteiger partial charge on any atom is -2.00 e. The van der Waals surface area contributed by atoms with Gasteiger partial charge in [-0.05, 0) is 0 Å². The maximum Gasteiger partial charge on any atom is 2.00 e. The zero-order valence-electron chi connectivity index (χ0n) is 5.06. The van der Waals surface area contributed by atoms with Crippen molar-refractivity contribution in [2.45, 2.75) is 0 Å². The zero-order chi connectivity index (χ0) is 6.78. The second-order valence-corrected chi connectivity index (χ2v) is 2.93. The molecule has 0 radical (unpaired) electrons. The van der Waals surface area contributed by atoms with Crippen molar-refractivity contribution in [1.29, 1.82) is 0 Å².